The molecule has 0 saturated carbocycles. The normalized spacial score (nSPS) is 24.0. The number of hydrogen-bond donors (Lipinski definition) is 2. The second-order valence-electron chi connectivity index (χ2n) is 7.00. The molecule has 0 unspecified atom stereocenters. The van der Waals surface area contributed by atoms with Crippen LogP contribution in [-0.4, -0.2) is 43.3 Å². The zero-order valence-corrected chi connectivity index (χ0v) is 14.1. The van der Waals surface area contributed by atoms with E-state index >= 15 is 0 Å². The minimum atomic E-state index is -4.16. The fourth-order valence-corrected chi connectivity index (χ4v) is 3.83. The minimum absolute atomic E-state index is 0.00950. The van der Waals surface area contributed by atoms with Gasteiger partial charge in [0.15, 0.2) is 0 Å². The largest absolute Gasteiger partial charge is 0.401 e. The van der Waals surface area contributed by atoms with Crippen molar-refractivity contribution in [1.29, 1.82) is 0 Å². The summed E-state index contributed by atoms with van der Waals surface area (Å²) in [7, 11) is 0. The van der Waals surface area contributed by atoms with Gasteiger partial charge in [0.05, 0.1) is 12.6 Å². The second kappa shape index (κ2) is 7.64. The molecule has 1 saturated heterocycles. The molecule has 0 spiro atoms. The van der Waals surface area contributed by atoms with Crippen molar-refractivity contribution in [1.82, 2.24) is 15.5 Å². The topological polar surface area (TPSA) is 44.4 Å². The Hall–Kier alpha value is -1.76. The molecule has 1 aliphatic carbocycles. The van der Waals surface area contributed by atoms with Crippen LogP contribution in [0.5, 0.6) is 0 Å². The summed E-state index contributed by atoms with van der Waals surface area (Å²) in [6, 6.07) is 7.89. The van der Waals surface area contributed by atoms with Crippen molar-refractivity contribution in [3.05, 3.63) is 35.4 Å². The highest BCUT2D eigenvalue weighted by molar-refractivity contribution is 5.74. The first-order valence-corrected chi connectivity index (χ1v) is 8.82. The van der Waals surface area contributed by atoms with Crippen LogP contribution in [0.3, 0.4) is 0 Å². The van der Waals surface area contributed by atoms with E-state index in [0.29, 0.717) is 26.1 Å². The lowest BCUT2D eigenvalue weighted by Crippen LogP contribution is -2.41. The molecule has 138 valence electrons. The van der Waals surface area contributed by atoms with Gasteiger partial charge in [-0.3, -0.25) is 4.90 Å². The summed E-state index contributed by atoms with van der Waals surface area (Å²) >= 11 is 0. The van der Waals surface area contributed by atoms with E-state index in [9.17, 15) is 18.0 Å². The fourth-order valence-electron chi connectivity index (χ4n) is 3.83. The maximum atomic E-state index is 12.4. The number of nitrogens with zero attached hydrogens (tertiary/aromatic N) is 1. The summed E-state index contributed by atoms with van der Waals surface area (Å²) < 4.78 is 37.2. The van der Waals surface area contributed by atoms with Gasteiger partial charge in [-0.05, 0) is 49.3 Å². The number of benzene rings is 1. The molecule has 4 nitrogen and oxygen atoms in total. The van der Waals surface area contributed by atoms with Gasteiger partial charge in [-0.15, -0.1) is 0 Å². The van der Waals surface area contributed by atoms with Crippen LogP contribution in [0, 0.1) is 5.92 Å². The molecular weight excluding hydrogens is 331 g/mol. The molecule has 1 heterocycles. The number of fused-ring (bicyclic) bond motifs is 1. The van der Waals surface area contributed by atoms with E-state index in [0.717, 1.165) is 19.3 Å². The number of carbonyl (C=O) groups excluding carboxylic acids is 1. The van der Waals surface area contributed by atoms with Crippen molar-refractivity contribution in [3.63, 3.8) is 0 Å². The summed E-state index contributed by atoms with van der Waals surface area (Å²) in [5, 5.41) is 5.83. The van der Waals surface area contributed by atoms with E-state index in [4.69, 9.17) is 0 Å². The Bertz CT molecular complexity index is 605. The van der Waals surface area contributed by atoms with Crippen molar-refractivity contribution in [2.24, 2.45) is 5.92 Å². The number of hydrogen-bond acceptors (Lipinski definition) is 2. The number of urea groups is 1. The Labute approximate surface area is 145 Å². The van der Waals surface area contributed by atoms with Crippen molar-refractivity contribution < 1.29 is 18.0 Å². The number of rotatable bonds is 4. The smallest absolute Gasteiger partial charge is 0.338 e. The third-order valence-corrected chi connectivity index (χ3v) is 5.00. The molecule has 0 aromatic heterocycles. The Morgan fingerprint density at radius 1 is 1.24 bits per heavy atom. The highest BCUT2D eigenvalue weighted by Gasteiger charge is 2.34. The number of amides is 2. The zero-order valence-electron chi connectivity index (χ0n) is 14.1. The van der Waals surface area contributed by atoms with Gasteiger partial charge in [0.2, 0.25) is 0 Å². The lowest BCUT2D eigenvalue weighted by atomic mass is 9.88. The van der Waals surface area contributed by atoms with Crippen LogP contribution < -0.4 is 10.6 Å². The van der Waals surface area contributed by atoms with Crippen LogP contribution in [0.4, 0.5) is 18.0 Å². The van der Waals surface area contributed by atoms with Gasteiger partial charge < -0.3 is 10.6 Å². The van der Waals surface area contributed by atoms with E-state index in [2.05, 4.69) is 16.7 Å². The van der Waals surface area contributed by atoms with Crippen molar-refractivity contribution in [2.45, 2.75) is 37.9 Å². The first kappa shape index (κ1) is 18.0. The summed E-state index contributed by atoms with van der Waals surface area (Å²) in [5.74, 6) is 0.0757. The highest BCUT2D eigenvalue weighted by Crippen LogP contribution is 2.29. The summed E-state index contributed by atoms with van der Waals surface area (Å²) in [4.78, 5) is 13.6. The van der Waals surface area contributed by atoms with E-state index in [1.807, 2.05) is 18.2 Å². The molecule has 2 N–H and O–H groups in total. The number of alkyl halides is 3. The Kier molecular flexibility index (Phi) is 5.51. The van der Waals surface area contributed by atoms with Crippen molar-refractivity contribution in [2.75, 3.05) is 26.2 Å². The SMILES string of the molecule is O=C(NC[C@H]1CCN(CC(F)(F)F)C1)N[C@@H]1CCCc2ccccc21. The van der Waals surface area contributed by atoms with Crippen LogP contribution in [0.15, 0.2) is 24.3 Å². The molecule has 2 amide bonds. The molecular formula is C18H24F3N3O. The molecule has 25 heavy (non-hydrogen) atoms. The molecule has 3 rings (SSSR count). The summed E-state index contributed by atoms with van der Waals surface area (Å²) in [6.45, 7) is 0.360. The van der Waals surface area contributed by atoms with E-state index < -0.39 is 12.7 Å². The van der Waals surface area contributed by atoms with Crippen LogP contribution in [-0.2, 0) is 6.42 Å². The van der Waals surface area contributed by atoms with Gasteiger partial charge in [-0.25, -0.2) is 4.79 Å². The molecule has 1 fully saturated rings. The van der Waals surface area contributed by atoms with E-state index in [1.165, 1.54) is 16.0 Å². The minimum Gasteiger partial charge on any atom is -0.338 e. The van der Waals surface area contributed by atoms with Gasteiger partial charge in [0.25, 0.3) is 0 Å². The number of aryl methyl sites for hydroxylation is 1. The van der Waals surface area contributed by atoms with Gasteiger partial charge in [0.1, 0.15) is 0 Å². The Morgan fingerprint density at radius 2 is 2.04 bits per heavy atom. The second-order valence-corrected chi connectivity index (χ2v) is 7.00. The summed E-state index contributed by atoms with van der Waals surface area (Å²) in [5.41, 5.74) is 2.44. The Balaban J connectivity index is 1.44. The van der Waals surface area contributed by atoms with Gasteiger partial charge >= 0.3 is 12.2 Å². The third kappa shape index (κ3) is 5.11. The maximum Gasteiger partial charge on any atom is 0.401 e. The van der Waals surface area contributed by atoms with E-state index in [-0.39, 0.29) is 18.0 Å². The first-order chi connectivity index (χ1) is 11.9. The van der Waals surface area contributed by atoms with Gasteiger partial charge in [-0.1, -0.05) is 24.3 Å². The summed E-state index contributed by atoms with van der Waals surface area (Å²) in [6.07, 6.45) is -0.492. The van der Waals surface area contributed by atoms with Gasteiger partial charge in [-0.2, -0.15) is 13.2 Å². The van der Waals surface area contributed by atoms with Crippen LogP contribution >= 0.6 is 0 Å². The number of nitrogens with one attached hydrogen (secondary N) is 2. The number of likely N-dealkylation sites (tertiary alicyclic amines) is 1. The van der Waals surface area contributed by atoms with Crippen molar-refractivity contribution >= 4 is 6.03 Å². The van der Waals surface area contributed by atoms with Crippen LogP contribution in [0.25, 0.3) is 0 Å². The average Bonchev–Trinajstić information content (AvgIpc) is 2.99. The highest BCUT2D eigenvalue weighted by atomic mass is 19.4. The van der Waals surface area contributed by atoms with Crippen LogP contribution in [0.2, 0.25) is 0 Å². The molecule has 1 aromatic carbocycles. The zero-order chi connectivity index (χ0) is 17.9. The Morgan fingerprint density at radius 3 is 2.84 bits per heavy atom. The van der Waals surface area contributed by atoms with Crippen LogP contribution in [0.1, 0.15) is 36.4 Å². The monoisotopic (exact) mass is 355 g/mol. The first-order valence-electron chi connectivity index (χ1n) is 8.82. The lowest BCUT2D eigenvalue weighted by molar-refractivity contribution is -0.143. The third-order valence-electron chi connectivity index (χ3n) is 5.00. The lowest BCUT2D eigenvalue weighted by Gasteiger charge is -2.26. The van der Waals surface area contributed by atoms with E-state index in [1.54, 1.807) is 0 Å². The quantitative estimate of drug-likeness (QED) is 0.871. The number of halogens is 3. The average molecular weight is 355 g/mol. The molecule has 7 heteroatoms. The molecule has 2 atom stereocenters. The number of carbonyl (C=O) groups is 1. The fraction of sp³-hybridized carbons (Fsp3) is 0.611. The molecule has 0 bridgehead atoms. The van der Waals surface area contributed by atoms with Gasteiger partial charge in [0, 0.05) is 13.1 Å². The molecule has 1 aromatic rings. The van der Waals surface area contributed by atoms with Crippen molar-refractivity contribution in [3.8, 4) is 0 Å². The molecule has 1 aliphatic heterocycles. The molecule has 0 radical (unpaired) electrons. The standard InChI is InChI=1S/C18H24F3N3O/c19-18(20,21)12-24-9-8-13(11-24)10-22-17(25)23-16-7-3-5-14-4-1-2-6-15(14)16/h1-2,4,6,13,16H,3,5,7-12H2,(H2,22,23,25)/t13-,16-/m1/s1. The molecule has 2 aliphatic rings. The predicted molar refractivity (Wildman–Crippen MR) is 89.3 cm³/mol. The maximum absolute atomic E-state index is 12.4. The predicted octanol–water partition coefficient (Wildman–Crippen LogP) is 3.25.